The van der Waals surface area contributed by atoms with Crippen molar-refractivity contribution in [2.24, 2.45) is 0 Å². The predicted molar refractivity (Wildman–Crippen MR) is 622 cm³/mol. The molecule has 3 unspecified atom stereocenters. The number of carbonyl (C=O) groups excluding carboxylic acids is 3. The molecule has 3 N–H and O–H groups in total. The number of ether oxygens (including phenoxy) is 1. The normalized spacial score (nSPS) is 21.8. The van der Waals surface area contributed by atoms with Gasteiger partial charge in [0.2, 0.25) is 17.7 Å². The second-order valence-corrected chi connectivity index (χ2v) is 49.6. The van der Waals surface area contributed by atoms with Gasteiger partial charge in [0, 0.05) is 202 Å². The molecule has 0 aromatic carbocycles. The number of methoxy groups -OCH3 is 1. The minimum absolute atomic E-state index is 0.0710. The van der Waals surface area contributed by atoms with Gasteiger partial charge in [-0.15, -0.1) is 0 Å². The molecular weight excluding hydrogens is 1870 g/mol. The van der Waals surface area contributed by atoms with Crippen LogP contribution in [0.5, 0.6) is 0 Å². The highest BCUT2D eigenvalue weighted by Crippen LogP contribution is 2.43. The maximum absolute atomic E-state index is 12.0. The molecule has 838 valence electrons. The van der Waals surface area contributed by atoms with Crippen LogP contribution in [0.4, 0.5) is 22.7 Å². The molecule has 150 heavy (non-hydrogen) atoms. The molecule has 0 radical (unpaired) electrons. The Morgan fingerprint density at radius 2 is 0.553 bits per heavy atom. The molecule has 0 saturated carbocycles. The van der Waals surface area contributed by atoms with Crippen LogP contribution >= 0.6 is 0 Å². The minimum Gasteiger partial charge on any atom is -0.386 e. The van der Waals surface area contributed by atoms with E-state index in [9.17, 15) is 29.7 Å². The highest BCUT2D eigenvalue weighted by molar-refractivity contribution is 5.79. The van der Waals surface area contributed by atoms with Crippen LogP contribution in [0, 0.1) is 0 Å². The van der Waals surface area contributed by atoms with E-state index in [-0.39, 0.29) is 39.9 Å². The standard InChI is InChI=1S/3C18H31N3O.C17H29N3O.3C17H27N3O/c3*1-14(2)16-9-8-15(12-19-16)21-11-7-10-18(22,13-21)17(3,4)20(5)6;1-14(2)16-8-7-15(11-18-16)20-10-6-9-17(13-20,21-5)12-19(3)4;3*1-12(2)15-7-6-14(16(18-15)11-19(3)4)13-8-9-20(5)17(21)10-13/h3*8-9,12,14,22H,7,10-11,13H2,1-6H3;7-8,11,14H,6,9-10,12-13H2,1-5H3;3*6-7,12-13H,8-11H2,1-5H3/t2*18-;;;2*13-;/m10..10./s1. The summed E-state index contributed by atoms with van der Waals surface area (Å²) in [4.78, 5) is 98.6. The molecule has 7 aliphatic rings. The zero-order valence-electron chi connectivity index (χ0n) is 101. The molecule has 0 aliphatic carbocycles. The number of likely N-dealkylation sites (N-methyl/N-ethyl adjacent to an activating group) is 4. The second-order valence-electron chi connectivity index (χ2n) is 49.6. The van der Waals surface area contributed by atoms with Gasteiger partial charge in [-0.1, -0.05) is 115 Å². The predicted octanol–water partition coefficient (Wildman–Crippen LogP) is 19.2. The fourth-order valence-corrected chi connectivity index (χ4v) is 21.0. The van der Waals surface area contributed by atoms with Crippen LogP contribution in [-0.2, 0) is 38.8 Å². The molecular formula is C122H203N21O7. The summed E-state index contributed by atoms with van der Waals surface area (Å²) in [5, 5.41) is 33.7. The van der Waals surface area contributed by atoms with Crippen LogP contribution in [0.1, 0.15) is 361 Å². The second kappa shape index (κ2) is 56.0. The maximum atomic E-state index is 12.0. The monoisotopic (exact) mass is 2070 g/mol. The molecule has 28 heteroatoms. The molecule has 0 spiro atoms. The van der Waals surface area contributed by atoms with Gasteiger partial charge in [-0.3, -0.25) is 49.3 Å². The van der Waals surface area contributed by atoms with Crippen LogP contribution in [0.2, 0.25) is 0 Å². The molecule has 7 atom stereocenters. The van der Waals surface area contributed by atoms with E-state index >= 15 is 0 Å². The number of aromatic nitrogens is 7. The van der Waals surface area contributed by atoms with Crippen LogP contribution in [0.25, 0.3) is 0 Å². The van der Waals surface area contributed by atoms with Gasteiger partial charge in [-0.25, -0.2) is 0 Å². The van der Waals surface area contributed by atoms with Crippen LogP contribution in [0.3, 0.4) is 0 Å². The Labute approximate surface area is 908 Å². The molecule has 7 aromatic rings. The topological polar surface area (TPSA) is 257 Å². The number of likely N-dealkylation sites (tertiary alicyclic amines) is 3. The summed E-state index contributed by atoms with van der Waals surface area (Å²) in [6.07, 6.45) is 20.6. The van der Waals surface area contributed by atoms with Gasteiger partial charge in [0.25, 0.3) is 0 Å². The first kappa shape index (κ1) is 126. The lowest BCUT2D eigenvalue weighted by atomic mass is 9.76. The van der Waals surface area contributed by atoms with Crippen LogP contribution in [-0.4, -0.2) is 361 Å². The number of hydrogen-bond acceptors (Lipinski definition) is 25. The highest BCUT2D eigenvalue weighted by atomic mass is 16.5. The summed E-state index contributed by atoms with van der Waals surface area (Å²) in [7, 11) is 36.3. The van der Waals surface area contributed by atoms with E-state index in [0.29, 0.717) is 98.1 Å². The average Bonchev–Trinajstić information content (AvgIpc) is 0.777. The van der Waals surface area contributed by atoms with Gasteiger partial charge in [0.15, 0.2) is 0 Å². The van der Waals surface area contributed by atoms with E-state index < -0.39 is 16.8 Å². The van der Waals surface area contributed by atoms with Crippen molar-refractivity contribution >= 4 is 40.5 Å². The molecule has 7 aliphatic heterocycles. The Morgan fingerprint density at radius 1 is 0.327 bits per heavy atom. The summed E-state index contributed by atoms with van der Waals surface area (Å²) < 4.78 is 5.90. The molecule has 7 aromatic heterocycles. The first-order valence-electron chi connectivity index (χ1n) is 56.0. The molecule has 3 amide bonds. The Balaban J connectivity index is 0.000000213. The smallest absolute Gasteiger partial charge is 0.222 e. The number of amides is 3. The third-order valence-corrected chi connectivity index (χ3v) is 33.2. The van der Waals surface area contributed by atoms with Gasteiger partial charge in [0.05, 0.1) is 87.0 Å². The van der Waals surface area contributed by atoms with E-state index in [2.05, 4.69) is 354 Å². The van der Waals surface area contributed by atoms with Gasteiger partial charge in [-0.05, 0) is 353 Å². The number of nitrogens with zero attached hydrogens (tertiary/aromatic N) is 21. The number of piperidine rings is 7. The van der Waals surface area contributed by atoms with Crippen molar-refractivity contribution in [3.63, 3.8) is 0 Å². The molecule has 7 fully saturated rings. The summed E-state index contributed by atoms with van der Waals surface area (Å²) in [5.74, 6) is 4.79. The fraction of sp³-hybridized carbons (Fsp3) is 0.689. The van der Waals surface area contributed by atoms with Crippen molar-refractivity contribution in [3.8, 4) is 0 Å². The number of β-amino-alcohol motifs (C(OH)–C–C–N with tert-alkyl or cyclic N) is 3. The molecule has 7 saturated heterocycles. The molecule has 14 rings (SSSR count). The summed E-state index contributed by atoms with van der Waals surface area (Å²) in [5.41, 5.74) is 16.6. The van der Waals surface area contributed by atoms with E-state index in [1.165, 1.54) is 22.4 Å². The first-order chi connectivity index (χ1) is 70.1. The van der Waals surface area contributed by atoms with Crippen molar-refractivity contribution in [2.75, 3.05) is 225 Å². The molecule has 14 heterocycles. The Kier molecular flexibility index (Phi) is 47.2. The number of carbonyl (C=O) groups is 3. The van der Waals surface area contributed by atoms with Gasteiger partial charge in [0.1, 0.15) is 0 Å². The zero-order valence-corrected chi connectivity index (χ0v) is 101. The Hall–Kier alpha value is -8.78. The Morgan fingerprint density at radius 3 is 0.747 bits per heavy atom. The van der Waals surface area contributed by atoms with Gasteiger partial charge < -0.3 is 88.7 Å². The molecule has 28 nitrogen and oxygen atoms in total. The summed E-state index contributed by atoms with van der Waals surface area (Å²) in [6, 6.07) is 30.0. The number of rotatable bonds is 29. The zero-order chi connectivity index (χ0) is 112. The van der Waals surface area contributed by atoms with Crippen molar-refractivity contribution in [1.29, 1.82) is 0 Å². The van der Waals surface area contributed by atoms with Crippen molar-refractivity contribution in [1.82, 2.24) is 83.9 Å². The number of hydrogen-bond donors (Lipinski definition) is 3. The number of aliphatic hydroxyl groups is 3. The quantitative estimate of drug-likeness (QED) is 0.0394. The Bertz CT molecular complexity index is 4830. The molecule has 0 bridgehead atoms. The average molecular weight is 2080 g/mol. The van der Waals surface area contributed by atoms with E-state index in [4.69, 9.17) is 19.7 Å². The summed E-state index contributed by atoms with van der Waals surface area (Å²) >= 11 is 0. The van der Waals surface area contributed by atoms with Gasteiger partial charge >= 0.3 is 0 Å². The lowest BCUT2D eigenvalue weighted by molar-refractivity contribution is -0.133. The minimum atomic E-state index is -0.717. The van der Waals surface area contributed by atoms with Crippen LogP contribution in [0.15, 0.2) is 110 Å². The number of pyridine rings is 7. The van der Waals surface area contributed by atoms with Crippen molar-refractivity contribution < 1.29 is 34.4 Å². The maximum Gasteiger partial charge on any atom is 0.222 e. The third-order valence-electron chi connectivity index (χ3n) is 33.2. The lowest BCUT2D eigenvalue weighted by Gasteiger charge is -2.52. The first-order valence-corrected chi connectivity index (χ1v) is 56.0. The van der Waals surface area contributed by atoms with E-state index in [1.807, 2.05) is 110 Å². The largest absolute Gasteiger partial charge is 0.386 e. The fourth-order valence-electron chi connectivity index (χ4n) is 21.0. The third kappa shape index (κ3) is 34.4. The summed E-state index contributed by atoms with van der Waals surface area (Å²) in [6.45, 7) is 55.9. The highest BCUT2D eigenvalue weighted by Gasteiger charge is 2.51. The number of anilines is 4. The van der Waals surface area contributed by atoms with Crippen molar-refractivity contribution in [3.05, 3.63) is 183 Å². The van der Waals surface area contributed by atoms with E-state index in [1.54, 1.807) is 0 Å². The lowest BCUT2D eigenvalue weighted by Crippen LogP contribution is -2.65. The van der Waals surface area contributed by atoms with Crippen LogP contribution < -0.4 is 19.6 Å². The van der Waals surface area contributed by atoms with Gasteiger partial charge in [-0.2, -0.15) is 0 Å². The van der Waals surface area contributed by atoms with E-state index in [0.717, 1.165) is 223 Å². The SMILES string of the molecule is CC(C)c1ccc(C2CCN(C)C(=O)C2)c(CN(C)C)n1.CC(C)c1ccc(N2CCCC(O)(C(C)(C)N(C)C)C2)cn1.CC(C)c1ccc(N2CCC[C@@](O)(C(C)(C)N(C)C)C2)cn1.CC(C)c1ccc(N2CCC[C@](O)(C(C)(C)N(C)C)C2)cn1.CC(C)c1ccc([C@@H]2CCN(C)C(=O)C2)c(CN(C)C)n1.CC(C)c1ccc([C@H]2CCN(C)C(=O)C2)c(CN(C)C)n1.COC1(CN(C)C)CCCN(c2ccc(C(C)C)nc2)C1. The van der Waals surface area contributed by atoms with Crippen molar-refractivity contribution in [2.45, 2.75) is 346 Å².